The summed E-state index contributed by atoms with van der Waals surface area (Å²) in [5.41, 5.74) is 4.68. The molecule has 0 aliphatic carbocycles. The number of aromatic nitrogens is 3. The van der Waals surface area contributed by atoms with Gasteiger partial charge in [0.15, 0.2) is 6.61 Å². The number of H-pyrrole nitrogens is 1. The number of para-hydroxylation sites is 1. The van der Waals surface area contributed by atoms with Crippen LogP contribution in [0.2, 0.25) is 0 Å². The van der Waals surface area contributed by atoms with E-state index in [1.807, 2.05) is 36.4 Å². The molecule has 2 aromatic carbocycles. The van der Waals surface area contributed by atoms with Gasteiger partial charge in [-0.15, -0.1) is 0 Å². The van der Waals surface area contributed by atoms with Gasteiger partial charge in [0.05, 0.1) is 16.6 Å². The summed E-state index contributed by atoms with van der Waals surface area (Å²) in [6.45, 7) is 0.308. The van der Waals surface area contributed by atoms with Gasteiger partial charge in [-0.3, -0.25) is 9.78 Å². The van der Waals surface area contributed by atoms with Crippen molar-refractivity contribution in [1.82, 2.24) is 15.0 Å². The summed E-state index contributed by atoms with van der Waals surface area (Å²) in [6.07, 6.45) is 4.23. The van der Waals surface area contributed by atoms with E-state index >= 15 is 0 Å². The van der Waals surface area contributed by atoms with Crippen molar-refractivity contribution >= 4 is 28.6 Å². The number of amides is 1. The van der Waals surface area contributed by atoms with Crippen LogP contribution in [0.25, 0.3) is 22.4 Å². The maximum Gasteiger partial charge on any atom is 0.338 e. The Morgan fingerprint density at radius 2 is 2.00 bits per heavy atom. The molecule has 1 amide bonds. The number of carbonyl (C=O) groups excluding carboxylic acids is 2. The summed E-state index contributed by atoms with van der Waals surface area (Å²) >= 11 is 0. The highest BCUT2D eigenvalue weighted by atomic mass is 16.5. The molecule has 30 heavy (non-hydrogen) atoms. The minimum atomic E-state index is -0.546. The fourth-order valence-electron chi connectivity index (χ4n) is 3.66. The van der Waals surface area contributed by atoms with Crippen LogP contribution in [0, 0.1) is 0 Å². The van der Waals surface area contributed by atoms with Crippen LogP contribution in [0.5, 0.6) is 0 Å². The van der Waals surface area contributed by atoms with E-state index in [1.165, 1.54) is 0 Å². The Balaban J connectivity index is 1.29. The van der Waals surface area contributed by atoms with Gasteiger partial charge in [-0.25, -0.2) is 9.78 Å². The van der Waals surface area contributed by atoms with Crippen LogP contribution >= 0.6 is 0 Å². The van der Waals surface area contributed by atoms with E-state index in [2.05, 4.69) is 15.0 Å². The number of aromatic amines is 1. The van der Waals surface area contributed by atoms with Gasteiger partial charge < -0.3 is 14.6 Å². The summed E-state index contributed by atoms with van der Waals surface area (Å²) in [4.78, 5) is 38.5. The maximum atomic E-state index is 12.5. The lowest BCUT2D eigenvalue weighted by atomic mass is 10.2. The molecule has 0 bridgehead atoms. The number of esters is 1. The minimum absolute atomic E-state index is 0.227. The van der Waals surface area contributed by atoms with Crippen LogP contribution < -0.4 is 4.90 Å². The third-order valence-corrected chi connectivity index (χ3v) is 5.17. The maximum absolute atomic E-state index is 12.5. The summed E-state index contributed by atoms with van der Waals surface area (Å²) in [6, 6.07) is 16.6. The van der Waals surface area contributed by atoms with Crippen molar-refractivity contribution < 1.29 is 14.3 Å². The largest absolute Gasteiger partial charge is 0.452 e. The fourth-order valence-corrected chi connectivity index (χ4v) is 3.66. The first-order valence-corrected chi connectivity index (χ1v) is 9.64. The molecule has 0 radical (unpaired) electrons. The standard InChI is InChI=1S/C23H18N4O3/c28-21(27-11-9-15-4-1-2-6-20(15)27)14-30-23(29)16-7-8-18-19(12-16)26-22(25-18)17-5-3-10-24-13-17/h1-8,10,12-13H,9,11,14H2,(H,25,26). The molecule has 7 heteroatoms. The quantitative estimate of drug-likeness (QED) is 0.533. The lowest BCUT2D eigenvalue weighted by Crippen LogP contribution is -2.33. The Morgan fingerprint density at radius 1 is 1.10 bits per heavy atom. The van der Waals surface area contributed by atoms with Crippen LogP contribution in [0.3, 0.4) is 0 Å². The van der Waals surface area contributed by atoms with Crippen molar-refractivity contribution in [1.29, 1.82) is 0 Å². The van der Waals surface area contributed by atoms with Crippen molar-refractivity contribution in [3.05, 3.63) is 78.1 Å². The van der Waals surface area contributed by atoms with Gasteiger partial charge in [-0.2, -0.15) is 0 Å². The van der Waals surface area contributed by atoms with Gasteiger partial charge in [0.2, 0.25) is 0 Å². The fraction of sp³-hybridized carbons (Fsp3) is 0.130. The van der Waals surface area contributed by atoms with E-state index in [4.69, 9.17) is 4.74 Å². The average Bonchev–Trinajstić information content (AvgIpc) is 3.41. The van der Waals surface area contributed by atoms with E-state index in [0.29, 0.717) is 23.4 Å². The van der Waals surface area contributed by atoms with Crippen molar-refractivity contribution in [3.8, 4) is 11.4 Å². The number of fused-ring (bicyclic) bond motifs is 2. The van der Waals surface area contributed by atoms with Crippen molar-refractivity contribution in [2.75, 3.05) is 18.1 Å². The molecule has 148 valence electrons. The van der Waals surface area contributed by atoms with E-state index in [0.717, 1.165) is 28.8 Å². The van der Waals surface area contributed by atoms with Crippen molar-refractivity contribution in [3.63, 3.8) is 0 Å². The summed E-state index contributed by atoms with van der Waals surface area (Å²) < 4.78 is 5.28. The SMILES string of the molecule is O=C(OCC(=O)N1CCc2ccccc21)c1ccc2nc(-c3cccnc3)[nH]c2c1. The number of anilines is 1. The number of ether oxygens (including phenoxy) is 1. The Hall–Kier alpha value is -4.00. The average molecular weight is 398 g/mol. The topological polar surface area (TPSA) is 88.2 Å². The van der Waals surface area contributed by atoms with Crippen LogP contribution in [-0.2, 0) is 16.0 Å². The zero-order valence-corrected chi connectivity index (χ0v) is 16.0. The molecule has 0 atom stereocenters. The third-order valence-electron chi connectivity index (χ3n) is 5.17. The number of imidazole rings is 1. The van der Waals surface area contributed by atoms with Gasteiger partial charge in [0.25, 0.3) is 5.91 Å². The number of rotatable bonds is 4. The highest BCUT2D eigenvalue weighted by Gasteiger charge is 2.25. The van der Waals surface area contributed by atoms with Crippen LogP contribution in [-0.4, -0.2) is 40.0 Å². The Bertz CT molecular complexity index is 1250. The third kappa shape index (κ3) is 3.30. The van der Waals surface area contributed by atoms with Crippen LogP contribution in [0.1, 0.15) is 15.9 Å². The number of carbonyl (C=O) groups is 2. The van der Waals surface area contributed by atoms with Gasteiger partial charge in [0.1, 0.15) is 5.82 Å². The van der Waals surface area contributed by atoms with Gasteiger partial charge in [-0.1, -0.05) is 18.2 Å². The first-order valence-electron chi connectivity index (χ1n) is 9.64. The molecule has 0 saturated heterocycles. The van der Waals surface area contributed by atoms with E-state index in [1.54, 1.807) is 35.5 Å². The molecule has 1 aliphatic rings. The molecule has 0 spiro atoms. The highest BCUT2D eigenvalue weighted by molar-refractivity contribution is 5.99. The second-order valence-corrected chi connectivity index (χ2v) is 7.06. The summed E-state index contributed by atoms with van der Waals surface area (Å²) in [5, 5.41) is 0. The predicted molar refractivity (Wildman–Crippen MR) is 112 cm³/mol. The van der Waals surface area contributed by atoms with Gasteiger partial charge >= 0.3 is 5.97 Å². The predicted octanol–water partition coefficient (Wildman–Crippen LogP) is 3.37. The highest BCUT2D eigenvalue weighted by Crippen LogP contribution is 2.27. The van der Waals surface area contributed by atoms with Crippen molar-refractivity contribution in [2.24, 2.45) is 0 Å². The number of hydrogen-bond acceptors (Lipinski definition) is 5. The number of benzene rings is 2. The van der Waals surface area contributed by atoms with Gasteiger partial charge in [0, 0.05) is 30.2 Å². The zero-order chi connectivity index (χ0) is 20.5. The van der Waals surface area contributed by atoms with E-state index in [9.17, 15) is 9.59 Å². The molecule has 7 nitrogen and oxygen atoms in total. The molecule has 5 rings (SSSR count). The molecule has 1 N–H and O–H groups in total. The molecule has 1 aliphatic heterocycles. The van der Waals surface area contributed by atoms with Gasteiger partial charge in [-0.05, 0) is 48.4 Å². The number of nitrogens with zero attached hydrogens (tertiary/aromatic N) is 3. The molecule has 4 aromatic rings. The van der Waals surface area contributed by atoms with Crippen LogP contribution in [0.4, 0.5) is 5.69 Å². The lowest BCUT2D eigenvalue weighted by molar-refractivity contribution is -0.121. The number of nitrogens with one attached hydrogen (secondary N) is 1. The van der Waals surface area contributed by atoms with E-state index in [-0.39, 0.29) is 12.5 Å². The smallest absolute Gasteiger partial charge is 0.338 e. The molecule has 3 heterocycles. The van der Waals surface area contributed by atoms with Crippen LogP contribution in [0.15, 0.2) is 67.0 Å². The molecule has 0 unspecified atom stereocenters. The van der Waals surface area contributed by atoms with E-state index < -0.39 is 5.97 Å². The Kier molecular flexibility index (Phi) is 4.48. The number of pyridine rings is 1. The molecule has 2 aromatic heterocycles. The second-order valence-electron chi connectivity index (χ2n) is 7.06. The first kappa shape index (κ1) is 18.1. The monoisotopic (exact) mass is 398 g/mol. The zero-order valence-electron chi connectivity index (χ0n) is 16.0. The molecular weight excluding hydrogens is 380 g/mol. The second kappa shape index (κ2) is 7.44. The molecular formula is C23H18N4O3. The number of hydrogen-bond donors (Lipinski definition) is 1. The summed E-state index contributed by atoms with van der Waals surface area (Å²) in [5.74, 6) is -0.100. The Labute approximate surface area is 172 Å². The summed E-state index contributed by atoms with van der Waals surface area (Å²) in [7, 11) is 0. The minimum Gasteiger partial charge on any atom is -0.452 e. The normalized spacial score (nSPS) is 12.7. The van der Waals surface area contributed by atoms with Crippen molar-refractivity contribution in [2.45, 2.75) is 6.42 Å². The molecule has 0 fully saturated rings. The molecule has 0 saturated carbocycles. The Morgan fingerprint density at radius 3 is 2.87 bits per heavy atom. The lowest BCUT2D eigenvalue weighted by Gasteiger charge is -2.17. The first-order chi connectivity index (χ1) is 14.7.